The van der Waals surface area contributed by atoms with E-state index in [2.05, 4.69) is 31.6 Å². The number of aliphatic imine (C=N–C) groups is 1. The quantitative estimate of drug-likeness (QED) is 0.297. The number of hydrogen-bond acceptors (Lipinski definition) is 2. The van der Waals surface area contributed by atoms with E-state index in [4.69, 9.17) is 4.74 Å². The van der Waals surface area contributed by atoms with Crippen LogP contribution in [0.4, 0.5) is 4.39 Å². The van der Waals surface area contributed by atoms with Crippen molar-refractivity contribution in [2.24, 2.45) is 4.99 Å². The Kier molecular flexibility index (Phi) is 11.0. The van der Waals surface area contributed by atoms with Crippen molar-refractivity contribution in [3.63, 3.8) is 0 Å². The van der Waals surface area contributed by atoms with Crippen LogP contribution < -0.4 is 10.6 Å². The summed E-state index contributed by atoms with van der Waals surface area (Å²) >= 11 is 3.39. The minimum atomic E-state index is -0.259. The average Bonchev–Trinajstić information content (AvgIpc) is 2.40. The van der Waals surface area contributed by atoms with E-state index in [-0.39, 0.29) is 29.8 Å². The van der Waals surface area contributed by atoms with Gasteiger partial charge in [0.25, 0.3) is 0 Å². The van der Waals surface area contributed by atoms with Gasteiger partial charge in [0.15, 0.2) is 5.96 Å². The molecule has 0 unspecified atom stereocenters. The molecule has 0 aliphatic carbocycles. The van der Waals surface area contributed by atoms with Crippen LogP contribution in [0.1, 0.15) is 12.5 Å². The first-order valence-electron chi connectivity index (χ1n) is 6.12. The number of ether oxygens (including phenoxy) is 1. The van der Waals surface area contributed by atoms with Crippen LogP contribution in [-0.4, -0.2) is 32.8 Å². The highest BCUT2D eigenvalue weighted by Crippen LogP contribution is 2.18. The summed E-state index contributed by atoms with van der Waals surface area (Å²) in [6, 6.07) is 4.58. The lowest BCUT2D eigenvalue weighted by atomic mass is 10.2. The molecule has 114 valence electrons. The predicted octanol–water partition coefficient (Wildman–Crippen LogP) is 2.91. The minimum Gasteiger partial charge on any atom is -0.383 e. The topological polar surface area (TPSA) is 45.7 Å². The first kappa shape index (κ1) is 19.6. The molecule has 1 rings (SSSR count). The molecular weight excluding hydrogens is 440 g/mol. The first-order valence-corrected chi connectivity index (χ1v) is 6.91. The van der Waals surface area contributed by atoms with Crippen molar-refractivity contribution >= 4 is 45.9 Å². The Bertz CT molecular complexity index is 432. The largest absolute Gasteiger partial charge is 0.383 e. The number of halogens is 3. The maximum Gasteiger partial charge on any atom is 0.191 e. The Morgan fingerprint density at radius 3 is 2.80 bits per heavy atom. The van der Waals surface area contributed by atoms with E-state index in [9.17, 15) is 4.39 Å². The maximum atomic E-state index is 13.2. The van der Waals surface area contributed by atoms with Crippen LogP contribution in [0.5, 0.6) is 0 Å². The Balaban J connectivity index is 0.00000361. The fourth-order valence-corrected chi connectivity index (χ4v) is 1.81. The van der Waals surface area contributed by atoms with E-state index in [1.165, 1.54) is 12.1 Å². The van der Waals surface area contributed by atoms with Gasteiger partial charge in [-0.15, -0.1) is 24.0 Å². The zero-order chi connectivity index (χ0) is 14.1. The molecule has 0 bridgehead atoms. The molecule has 7 heteroatoms. The third-order valence-electron chi connectivity index (χ3n) is 2.36. The molecule has 0 radical (unpaired) electrons. The molecule has 2 N–H and O–H groups in total. The van der Waals surface area contributed by atoms with Crippen molar-refractivity contribution in [1.29, 1.82) is 0 Å². The van der Waals surface area contributed by atoms with E-state index in [0.717, 1.165) is 16.6 Å². The third kappa shape index (κ3) is 7.39. The van der Waals surface area contributed by atoms with Gasteiger partial charge in [0.05, 0.1) is 13.2 Å². The number of rotatable bonds is 6. The van der Waals surface area contributed by atoms with Crippen molar-refractivity contribution in [1.82, 2.24) is 10.6 Å². The number of nitrogens with zero attached hydrogens (tertiary/aromatic N) is 1. The second-order valence-electron chi connectivity index (χ2n) is 3.85. The Hall–Kier alpha value is -0.410. The molecule has 0 amide bonds. The summed E-state index contributed by atoms with van der Waals surface area (Å²) in [5.74, 6) is 0.432. The zero-order valence-electron chi connectivity index (χ0n) is 11.6. The van der Waals surface area contributed by atoms with Crippen molar-refractivity contribution < 1.29 is 9.13 Å². The molecule has 0 spiro atoms. The molecule has 0 heterocycles. The van der Waals surface area contributed by atoms with Gasteiger partial charge in [-0.2, -0.15) is 0 Å². The summed E-state index contributed by atoms with van der Waals surface area (Å²) in [4.78, 5) is 4.40. The average molecular weight is 460 g/mol. The molecule has 1 aromatic carbocycles. The molecule has 0 aliphatic rings. The number of nitrogens with one attached hydrogen (secondary N) is 2. The predicted molar refractivity (Wildman–Crippen MR) is 94.2 cm³/mol. The minimum absolute atomic E-state index is 0. The van der Waals surface area contributed by atoms with E-state index in [0.29, 0.717) is 25.7 Å². The van der Waals surface area contributed by atoms with Crippen molar-refractivity contribution in [2.45, 2.75) is 13.5 Å². The van der Waals surface area contributed by atoms with Crippen LogP contribution in [0.2, 0.25) is 0 Å². The van der Waals surface area contributed by atoms with Crippen molar-refractivity contribution in [2.75, 3.05) is 26.8 Å². The van der Waals surface area contributed by atoms with E-state index >= 15 is 0 Å². The van der Waals surface area contributed by atoms with Crippen LogP contribution >= 0.6 is 39.9 Å². The number of benzene rings is 1. The maximum absolute atomic E-state index is 13.2. The Labute approximate surface area is 144 Å². The highest BCUT2D eigenvalue weighted by molar-refractivity contribution is 14.0. The van der Waals surface area contributed by atoms with Gasteiger partial charge >= 0.3 is 0 Å². The van der Waals surface area contributed by atoms with Crippen molar-refractivity contribution in [3.05, 3.63) is 34.1 Å². The van der Waals surface area contributed by atoms with Crippen molar-refractivity contribution in [3.8, 4) is 0 Å². The molecule has 0 saturated heterocycles. The van der Waals surface area contributed by atoms with Gasteiger partial charge in [0, 0.05) is 24.7 Å². The molecule has 0 saturated carbocycles. The van der Waals surface area contributed by atoms with Gasteiger partial charge in [0.1, 0.15) is 5.82 Å². The monoisotopic (exact) mass is 459 g/mol. The van der Waals surface area contributed by atoms with E-state index in [1.807, 2.05) is 6.92 Å². The van der Waals surface area contributed by atoms with Crippen LogP contribution in [0.3, 0.4) is 0 Å². The summed E-state index contributed by atoms with van der Waals surface area (Å²) < 4.78 is 19.0. The second-order valence-corrected chi connectivity index (χ2v) is 4.70. The highest BCUT2D eigenvalue weighted by Gasteiger charge is 2.02. The second kappa shape index (κ2) is 11.3. The van der Waals surface area contributed by atoms with Gasteiger partial charge in [-0.3, -0.25) is 0 Å². The summed E-state index contributed by atoms with van der Waals surface area (Å²) in [6.07, 6.45) is 0. The molecule has 0 aromatic heterocycles. The fourth-order valence-electron chi connectivity index (χ4n) is 1.44. The summed E-state index contributed by atoms with van der Waals surface area (Å²) in [6.45, 7) is 4.44. The lowest BCUT2D eigenvalue weighted by Gasteiger charge is -2.11. The first-order chi connectivity index (χ1) is 9.17. The highest BCUT2D eigenvalue weighted by atomic mass is 127. The normalized spacial score (nSPS) is 10.9. The van der Waals surface area contributed by atoms with Gasteiger partial charge in [-0.05, 0) is 30.7 Å². The standard InChI is InChI=1S/C13H19BrFN3O.HI/c1-3-16-13(17-6-7-19-2)18-9-10-8-11(15)4-5-12(10)14;/h4-5,8H,3,6-7,9H2,1-2H3,(H2,16,17,18);1H. The Morgan fingerprint density at radius 2 is 2.15 bits per heavy atom. The van der Waals surface area contributed by atoms with Gasteiger partial charge in [0.2, 0.25) is 0 Å². The zero-order valence-corrected chi connectivity index (χ0v) is 15.5. The van der Waals surface area contributed by atoms with Crippen LogP contribution in [0, 0.1) is 5.82 Å². The van der Waals surface area contributed by atoms with Crippen LogP contribution in [0.15, 0.2) is 27.7 Å². The molecule has 4 nitrogen and oxygen atoms in total. The molecular formula is C13H20BrFIN3O. The van der Waals surface area contributed by atoms with E-state index in [1.54, 1.807) is 13.2 Å². The third-order valence-corrected chi connectivity index (χ3v) is 3.13. The number of hydrogen-bond donors (Lipinski definition) is 2. The lowest BCUT2D eigenvalue weighted by Crippen LogP contribution is -2.38. The number of methoxy groups -OCH3 is 1. The molecule has 0 aliphatic heterocycles. The summed E-state index contributed by atoms with van der Waals surface area (Å²) in [7, 11) is 1.65. The Morgan fingerprint density at radius 1 is 1.40 bits per heavy atom. The lowest BCUT2D eigenvalue weighted by molar-refractivity contribution is 0.203. The van der Waals surface area contributed by atoms with E-state index < -0.39 is 0 Å². The number of guanidine groups is 1. The molecule has 0 fully saturated rings. The van der Waals surface area contributed by atoms with Crippen LogP contribution in [-0.2, 0) is 11.3 Å². The summed E-state index contributed by atoms with van der Waals surface area (Å²) in [5, 5.41) is 6.25. The molecule has 20 heavy (non-hydrogen) atoms. The SMILES string of the molecule is CCNC(=NCc1cc(F)ccc1Br)NCCOC.I. The van der Waals surface area contributed by atoms with Gasteiger partial charge in [-0.1, -0.05) is 15.9 Å². The van der Waals surface area contributed by atoms with Crippen LogP contribution in [0.25, 0.3) is 0 Å². The van der Waals surface area contributed by atoms with Gasteiger partial charge < -0.3 is 15.4 Å². The fraction of sp³-hybridized carbons (Fsp3) is 0.462. The molecule has 1 aromatic rings. The summed E-state index contributed by atoms with van der Waals surface area (Å²) in [5.41, 5.74) is 0.809. The smallest absolute Gasteiger partial charge is 0.191 e. The molecule has 0 atom stereocenters. The van der Waals surface area contributed by atoms with Gasteiger partial charge in [-0.25, -0.2) is 9.38 Å².